The van der Waals surface area contributed by atoms with Gasteiger partial charge >= 0.3 is 39.5 Å². The van der Waals surface area contributed by atoms with E-state index in [0.717, 1.165) is 120 Å². The van der Waals surface area contributed by atoms with Gasteiger partial charge in [-0.1, -0.05) is 383 Å². The number of phosphoric ester groups is 2. The van der Waals surface area contributed by atoms with E-state index in [2.05, 4.69) is 55.4 Å². The number of aliphatic hydroxyl groups is 1. The lowest BCUT2D eigenvalue weighted by Crippen LogP contribution is -2.30. The SMILES string of the molecule is CCC(C)CCCCCCCCCCCCCCCCCCCCC(=O)OC[C@H](COP(=O)(O)OC[C@@H](O)COP(=O)(O)OC[C@@H](COC(=O)CCCCCCCCC(C)CC)OC(=O)CCCCCCCCCCCCCCCCCCC(C)C)OC(=O)CCCCCCCCCCCC(C)C. The monoisotopic (exact) mass is 1510 g/mol. The summed E-state index contributed by atoms with van der Waals surface area (Å²) in [6.45, 7) is 14.3. The van der Waals surface area contributed by atoms with Crippen molar-refractivity contribution in [3.8, 4) is 0 Å². The summed E-state index contributed by atoms with van der Waals surface area (Å²) in [5.74, 6) is 1.04. The first-order valence-electron chi connectivity index (χ1n) is 43.3. The molecule has 0 aliphatic carbocycles. The second-order valence-electron chi connectivity index (χ2n) is 31.7. The Labute approximate surface area is 632 Å². The van der Waals surface area contributed by atoms with Crippen LogP contribution in [-0.4, -0.2) is 96.7 Å². The standard InChI is InChI=1S/C84H164O17P2/c1-9-76(7)62-54-46-38-32-26-22-18-13-11-12-14-19-23-27-33-39-48-56-64-81(86)94-70-79(100-84(89)67-59-51-41-35-29-31-37-45-53-61-75(5)6)72-98-102(90,91)96-68-78(85)69-97-103(92,93)99-73-80(71-95-82(87)65-57-49-43-42-47-55-63-77(8)10-2)101-83(88)66-58-50-40-34-28-24-20-16-15-17-21-25-30-36-44-52-60-74(3)4/h74-80,85H,9-73H2,1-8H3,(H,90,91)(H,92,93)/t76?,77?,78-,79-,80-/m1/s1. The summed E-state index contributed by atoms with van der Waals surface area (Å²) in [6, 6.07) is 0. The number of rotatable bonds is 81. The normalized spacial score (nSPS) is 14.5. The Morgan fingerprint density at radius 3 is 0.689 bits per heavy atom. The Balaban J connectivity index is 5.16. The molecule has 0 saturated heterocycles. The van der Waals surface area contributed by atoms with Crippen LogP contribution in [0.25, 0.3) is 0 Å². The number of hydrogen-bond donors (Lipinski definition) is 3. The fourth-order valence-corrected chi connectivity index (χ4v) is 14.5. The number of carbonyl (C=O) groups is 4. The molecule has 0 rings (SSSR count). The van der Waals surface area contributed by atoms with Gasteiger partial charge in [-0.05, 0) is 49.4 Å². The highest BCUT2D eigenvalue weighted by atomic mass is 31.2. The summed E-state index contributed by atoms with van der Waals surface area (Å²) in [6.07, 6.45) is 61.2. The smallest absolute Gasteiger partial charge is 0.462 e. The molecule has 7 atom stereocenters. The van der Waals surface area contributed by atoms with Gasteiger partial charge in [0, 0.05) is 25.7 Å². The molecule has 3 N–H and O–H groups in total. The minimum atomic E-state index is -4.96. The lowest BCUT2D eigenvalue weighted by atomic mass is 9.99. The van der Waals surface area contributed by atoms with Gasteiger partial charge in [0.15, 0.2) is 12.2 Å². The van der Waals surface area contributed by atoms with Gasteiger partial charge in [0.2, 0.25) is 0 Å². The topological polar surface area (TPSA) is 237 Å². The molecule has 0 radical (unpaired) electrons. The van der Waals surface area contributed by atoms with Gasteiger partial charge in [0.1, 0.15) is 19.3 Å². The van der Waals surface area contributed by atoms with E-state index in [4.69, 9.17) is 37.0 Å². The summed E-state index contributed by atoms with van der Waals surface area (Å²) < 4.78 is 68.8. The maximum absolute atomic E-state index is 13.1. The lowest BCUT2D eigenvalue weighted by molar-refractivity contribution is -0.161. The van der Waals surface area contributed by atoms with E-state index in [-0.39, 0.29) is 25.7 Å². The Kier molecular flexibility index (Phi) is 71.5. The van der Waals surface area contributed by atoms with Gasteiger partial charge in [-0.15, -0.1) is 0 Å². The van der Waals surface area contributed by atoms with Crippen LogP contribution < -0.4 is 0 Å². The molecular formula is C84H164O17P2. The second kappa shape index (κ2) is 72.9. The van der Waals surface area contributed by atoms with Gasteiger partial charge in [0.05, 0.1) is 26.4 Å². The molecule has 0 aliphatic heterocycles. The Morgan fingerprint density at radius 2 is 0.466 bits per heavy atom. The van der Waals surface area contributed by atoms with Crippen molar-refractivity contribution in [2.75, 3.05) is 39.6 Å². The molecule has 0 spiro atoms. The summed E-state index contributed by atoms with van der Waals surface area (Å²) in [5, 5.41) is 10.7. The largest absolute Gasteiger partial charge is 0.472 e. The number of hydrogen-bond acceptors (Lipinski definition) is 15. The van der Waals surface area contributed by atoms with E-state index in [9.17, 15) is 43.2 Å². The first kappa shape index (κ1) is 101. The van der Waals surface area contributed by atoms with E-state index in [1.165, 1.54) is 231 Å². The Hall–Kier alpha value is -1.94. The van der Waals surface area contributed by atoms with Crippen molar-refractivity contribution >= 4 is 39.5 Å². The maximum atomic E-state index is 13.1. The molecule has 0 heterocycles. The molecule has 0 aromatic carbocycles. The molecule has 0 saturated carbocycles. The number of phosphoric acid groups is 2. The zero-order chi connectivity index (χ0) is 76.0. The molecule has 19 heteroatoms. The average molecular weight is 1510 g/mol. The molecule has 0 amide bonds. The third-order valence-corrected chi connectivity index (χ3v) is 22.2. The van der Waals surface area contributed by atoms with Crippen molar-refractivity contribution in [1.29, 1.82) is 0 Å². The summed E-state index contributed by atoms with van der Waals surface area (Å²) in [5.41, 5.74) is 0. The first-order valence-corrected chi connectivity index (χ1v) is 46.3. The van der Waals surface area contributed by atoms with Gasteiger partial charge in [-0.3, -0.25) is 37.3 Å². The molecule has 0 aliphatic rings. The van der Waals surface area contributed by atoms with Crippen LogP contribution >= 0.6 is 15.6 Å². The summed E-state index contributed by atoms with van der Waals surface area (Å²) in [7, 11) is -9.92. The molecule has 0 aromatic rings. The van der Waals surface area contributed by atoms with Crippen molar-refractivity contribution in [2.24, 2.45) is 23.7 Å². The minimum absolute atomic E-state index is 0.106. The molecule has 0 bridgehead atoms. The Morgan fingerprint density at radius 1 is 0.272 bits per heavy atom. The van der Waals surface area contributed by atoms with Crippen molar-refractivity contribution in [3.63, 3.8) is 0 Å². The zero-order valence-corrected chi connectivity index (χ0v) is 69.7. The molecule has 17 nitrogen and oxygen atoms in total. The molecule has 0 aromatic heterocycles. The summed E-state index contributed by atoms with van der Waals surface area (Å²) in [4.78, 5) is 73.1. The highest BCUT2D eigenvalue weighted by molar-refractivity contribution is 7.47. The van der Waals surface area contributed by atoms with Gasteiger partial charge < -0.3 is 33.8 Å². The highest BCUT2D eigenvalue weighted by Gasteiger charge is 2.30. The van der Waals surface area contributed by atoms with Crippen molar-refractivity contribution in [3.05, 3.63) is 0 Å². The zero-order valence-electron chi connectivity index (χ0n) is 68.0. The van der Waals surface area contributed by atoms with E-state index in [1.807, 2.05) is 0 Å². The third-order valence-electron chi connectivity index (χ3n) is 20.3. The summed E-state index contributed by atoms with van der Waals surface area (Å²) >= 11 is 0. The third kappa shape index (κ3) is 75.3. The number of ether oxygens (including phenoxy) is 4. The van der Waals surface area contributed by atoms with Crippen molar-refractivity contribution < 1.29 is 80.2 Å². The molecular weight excluding hydrogens is 1340 g/mol. The fourth-order valence-electron chi connectivity index (χ4n) is 12.9. The van der Waals surface area contributed by atoms with Crippen LogP contribution in [0, 0.1) is 23.7 Å². The maximum Gasteiger partial charge on any atom is 0.472 e. The lowest BCUT2D eigenvalue weighted by Gasteiger charge is -2.21. The number of carbonyl (C=O) groups excluding carboxylic acids is 4. The molecule has 612 valence electrons. The van der Waals surface area contributed by atoms with Crippen LogP contribution in [0.4, 0.5) is 0 Å². The predicted molar refractivity (Wildman–Crippen MR) is 423 cm³/mol. The van der Waals surface area contributed by atoms with Crippen LogP contribution in [0.3, 0.4) is 0 Å². The van der Waals surface area contributed by atoms with E-state index in [1.54, 1.807) is 0 Å². The van der Waals surface area contributed by atoms with Crippen LogP contribution in [0.15, 0.2) is 0 Å². The minimum Gasteiger partial charge on any atom is -0.462 e. The van der Waals surface area contributed by atoms with Gasteiger partial charge in [-0.2, -0.15) is 0 Å². The molecule has 103 heavy (non-hydrogen) atoms. The fraction of sp³-hybridized carbons (Fsp3) is 0.952. The van der Waals surface area contributed by atoms with E-state index >= 15 is 0 Å². The van der Waals surface area contributed by atoms with Crippen LogP contribution in [0.2, 0.25) is 0 Å². The van der Waals surface area contributed by atoms with E-state index in [0.29, 0.717) is 25.7 Å². The van der Waals surface area contributed by atoms with Crippen LogP contribution in [-0.2, 0) is 65.4 Å². The van der Waals surface area contributed by atoms with Crippen LogP contribution in [0.5, 0.6) is 0 Å². The molecule has 4 unspecified atom stereocenters. The predicted octanol–water partition coefficient (Wildman–Crippen LogP) is 25.2. The van der Waals surface area contributed by atoms with E-state index < -0.39 is 97.5 Å². The number of aliphatic hydroxyl groups excluding tert-OH is 1. The molecule has 0 fully saturated rings. The second-order valence-corrected chi connectivity index (χ2v) is 34.6. The average Bonchev–Trinajstić information content (AvgIpc) is 0.909. The van der Waals surface area contributed by atoms with Crippen molar-refractivity contribution in [1.82, 2.24) is 0 Å². The number of unbranched alkanes of at least 4 members (excludes halogenated alkanes) is 45. The van der Waals surface area contributed by atoms with Gasteiger partial charge in [-0.25, -0.2) is 9.13 Å². The number of esters is 4. The van der Waals surface area contributed by atoms with Gasteiger partial charge in [0.25, 0.3) is 0 Å². The Bertz CT molecular complexity index is 2010. The van der Waals surface area contributed by atoms with Crippen LogP contribution in [0.1, 0.15) is 434 Å². The quantitative estimate of drug-likeness (QED) is 0.0222. The highest BCUT2D eigenvalue weighted by Crippen LogP contribution is 2.45. The van der Waals surface area contributed by atoms with Crippen molar-refractivity contribution in [2.45, 2.75) is 453 Å². The first-order chi connectivity index (χ1) is 49.7.